The minimum atomic E-state index is -0.990. The van der Waals surface area contributed by atoms with E-state index in [0.717, 1.165) is 11.1 Å². The van der Waals surface area contributed by atoms with Gasteiger partial charge in [-0.25, -0.2) is 4.79 Å². The number of rotatable bonds is 4. The number of fused-ring (bicyclic) bond motifs is 1. The van der Waals surface area contributed by atoms with E-state index in [1.165, 1.54) is 12.1 Å². The number of benzene rings is 2. The molecule has 24 heavy (non-hydrogen) atoms. The zero-order valence-corrected chi connectivity index (χ0v) is 12.8. The summed E-state index contributed by atoms with van der Waals surface area (Å²) in [6.07, 6.45) is 0.112. The summed E-state index contributed by atoms with van der Waals surface area (Å²) in [6, 6.07) is 13.6. The molecule has 0 bridgehead atoms. The van der Waals surface area contributed by atoms with E-state index >= 15 is 0 Å². The van der Waals surface area contributed by atoms with Crippen LogP contribution >= 0.6 is 0 Å². The van der Waals surface area contributed by atoms with Crippen LogP contribution < -0.4 is 10.6 Å². The Morgan fingerprint density at radius 2 is 1.83 bits per heavy atom. The van der Waals surface area contributed by atoms with E-state index in [4.69, 9.17) is 5.11 Å². The lowest BCUT2D eigenvalue weighted by atomic mass is 9.90. The third-order valence-electron chi connectivity index (χ3n) is 3.98. The van der Waals surface area contributed by atoms with Crippen LogP contribution in [0, 0.1) is 0 Å². The summed E-state index contributed by atoms with van der Waals surface area (Å²) in [5.41, 5.74) is 2.46. The van der Waals surface area contributed by atoms with E-state index in [1.807, 2.05) is 18.2 Å². The molecule has 6 heteroatoms. The summed E-state index contributed by atoms with van der Waals surface area (Å²) in [5, 5.41) is 14.4. The number of carbonyl (C=O) groups is 3. The van der Waals surface area contributed by atoms with Gasteiger partial charge in [0.1, 0.15) is 0 Å². The third kappa shape index (κ3) is 3.27. The highest BCUT2D eigenvalue weighted by atomic mass is 16.4. The number of hydrogen-bond acceptors (Lipinski definition) is 3. The fraction of sp³-hybridized carbons (Fsp3) is 0.167. The van der Waals surface area contributed by atoms with Crippen LogP contribution in [0.25, 0.3) is 0 Å². The van der Waals surface area contributed by atoms with E-state index in [1.54, 1.807) is 18.2 Å². The molecule has 0 fully saturated rings. The second-order valence-corrected chi connectivity index (χ2v) is 5.61. The molecule has 0 radical (unpaired) electrons. The average Bonchev–Trinajstić information content (AvgIpc) is 2.59. The number of amides is 2. The lowest BCUT2D eigenvalue weighted by molar-refractivity contribution is -0.126. The topological polar surface area (TPSA) is 95.5 Å². The molecule has 1 heterocycles. The Balaban J connectivity index is 1.69. The molecule has 2 amide bonds. The smallest absolute Gasteiger partial charge is 0.335 e. The van der Waals surface area contributed by atoms with Gasteiger partial charge in [-0.1, -0.05) is 30.3 Å². The number of carboxylic acids is 1. The van der Waals surface area contributed by atoms with Gasteiger partial charge in [0.25, 0.3) is 0 Å². The fourth-order valence-electron chi connectivity index (χ4n) is 2.72. The molecular formula is C18H16N2O4. The molecule has 1 aliphatic rings. The van der Waals surface area contributed by atoms with Gasteiger partial charge in [-0.2, -0.15) is 0 Å². The van der Waals surface area contributed by atoms with Gasteiger partial charge < -0.3 is 15.7 Å². The minimum absolute atomic E-state index is 0.112. The number of aromatic carboxylic acids is 1. The average molecular weight is 324 g/mol. The Hall–Kier alpha value is -3.15. The molecule has 0 saturated heterocycles. The van der Waals surface area contributed by atoms with Crippen molar-refractivity contribution in [3.8, 4) is 0 Å². The lowest BCUT2D eigenvalue weighted by Crippen LogP contribution is -2.34. The second kappa shape index (κ2) is 6.54. The van der Waals surface area contributed by atoms with E-state index in [-0.39, 0.29) is 30.3 Å². The van der Waals surface area contributed by atoms with Crippen molar-refractivity contribution < 1.29 is 19.5 Å². The number of nitrogens with one attached hydrogen (secondary N) is 2. The van der Waals surface area contributed by atoms with Gasteiger partial charge >= 0.3 is 5.97 Å². The van der Waals surface area contributed by atoms with Crippen LogP contribution in [0.1, 0.15) is 33.8 Å². The number of carbonyl (C=O) groups excluding carboxylic acids is 2. The minimum Gasteiger partial charge on any atom is -0.478 e. The maximum Gasteiger partial charge on any atom is 0.335 e. The standard InChI is InChI=1S/C18H16N2O4/c21-16-9-14(13-3-1-2-4-15(13)20-16)17(22)19-10-11-5-7-12(8-6-11)18(23)24/h1-8,14H,9-10H2,(H,19,22)(H,20,21)(H,23,24)/t14-/m1/s1. The fourth-order valence-corrected chi connectivity index (χ4v) is 2.72. The molecule has 0 saturated carbocycles. The normalized spacial score (nSPS) is 16.0. The quantitative estimate of drug-likeness (QED) is 0.803. The molecule has 0 aromatic heterocycles. The zero-order chi connectivity index (χ0) is 17.1. The van der Waals surface area contributed by atoms with Crippen molar-refractivity contribution in [2.45, 2.75) is 18.9 Å². The summed E-state index contributed by atoms with van der Waals surface area (Å²) < 4.78 is 0. The molecular weight excluding hydrogens is 308 g/mol. The Bertz CT molecular complexity index is 799. The van der Waals surface area contributed by atoms with Gasteiger partial charge in [-0.05, 0) is 29.3 Å². The van der Waals surface area contributed by atoms with Gasteiger partial charge in [-0.3, -0.25) is 9.59 Å². The van der Waals surface area contributed by atoms with Crippen molar-refractivity contribution in [1.82, 2.24) is 5.32 Å². The molecule has 2 aromatic carbocycles. The largest absolute Gasteiger partial charge is 0.478 e. The molecule has 0 spiro atoms. The number of para-hydroxylation sites is 1. The first-order valence-electron chi connectivity index (χ1n) is 7.53. The highest BCUT2D eigenvalue weighted by Crippen LogP contribution is 2.32. The van der Waals surface area contributed by atoms with Gasteiger partial charge in [0.2, 0.25) is 11.8 Å². The van der Waals surface area contributed by atoms with Gasteiger partial charge in [0.15, 0.2) is 0 Å². The van der Waals surface area contributed by atoms with Crippen LogP contribution in [0.5, 0.6) is 0 Å². The molecule has 122 valence electrons. The lowest BCUT2D eigenvalue weighted by Gasteiger charge is -2.24. The molecule has 1 aliphatic heterocycles. The Morgan fingerprint density at radius 1 is 1.12 bits per heavy atom. The predicted octanol–water partition coefficient (Wildman–Crippen LogP) is 2.13. The summed E-state index contributed by atoms with van der Waals surface area (Å²) in [5.74, 6) is -1.91. The second-order valence-electron chi connectivity index (χ2n) is 5.61. The Morgan fingerprint density at radius 3 is 2.54 bits per heavy atom. The van der Waals surface area contributed by atoms with E-state index < -0.39 is 11.9 Å². The predicted molar refractivity (Wildman–Crippen MR) is 87.7 cm³/mol. The van der Waals surface area contributed by atoms with Crippen molar-refractivity contribution in [2.75, 3.05) is 5.32 Å². The summed E-state index contributed by atoms with van der Waals surface area (Å²) in [7, 11) is 0. The monoisotopic (exact) mass is 324 g/mol. The van der Waals surface area contributed by atoms with Gasteiger partial charge in [-0.15, -0.1) is 0 Å². The van der Waals surface area contributed by atoms with Crippen LogP contribution in [-0.4, -0.2) is 22.9 Å². The third-order valence-corrected chi connectivity index (χ3v) is 3.98. The van der Waals surface area contributed by atoms with Crippen LogP contribution in [0.2, 0.25) is 0 Å². The summed E-state index contributed by atoms with van der Waals surface area (Å²) in [4.78, 5) is 35.1. The summed E-state index contributed by atoms with van der Waals surface area (Å²) >= 11 is 0. The highest BCUT2D eigenvalue weighted by molar-refractivity contribution is 6.01. The molecule has 0 aliphatic carbocycles. The van der Waals surface area contributed by atoms with E-state index in [0.29, 0.717) is 5.69 Å². The molecule has 1 atom stereocenters. The SMILES string of the molecule is O=C1C[C@@H](C(=O)NCc2ccc(C(=O)O)cc2)c2ccccc2N1. The number of anilines is 1. The van der Waals surface area contributed by atoms with Crippen LogP contribution in [0.3, 0.4) is 0 Å². The van der Waals surface area contributed by atoms with Gasteiger partial charge in [0, 0.05) is 18.7 Å². The number of hydrogen-bond donors (Lipinski definition) is 3. The van der Waals surface area contributed by atoms with Gasteiger partial charge in [0.05, 0.1) is 11.5 Å². The Kier molecular flexibility index (Phi) is 4.29. The molecule has 6 nitrogen and oxygen atoms in total. The zero-order valence-electron chi connectivity index (χ0n) is 12.8. The Labute approximate surface area is 138 Å². The number of carboxylic acid groups (broad SMARTS) is 1. The highest BCUT2D eigenvalue weighted by Gasteiger charge is 2.30. The first-order chi connectivity index (χ1) is 11.5. The van der Waals surface area contributed by atoms with Crippen molar-refractivity contribution in [3.05, 3.63) is 65.2 Å². The van der Waals surface area contributed by atoms with E-state index in [9.17, 15) is 14.4 Å². The molecule has 3 N–H and O–H groups in total. The molecule has 2 aromatic rings. The maximum atomic E-state index is 12.5. The van der Waals surface area contributed by atoms with Crippen LogP contribution in [-0.2, 0) is 16.1 Å². The van der Waals surface area contributed by atoms with Crippen molar-refractivity contribution in [1.29, 1.82) is 0 Å². The van der Waals surface area contributed by atoms with Crippen LogP contribution in [0.15, 0.2) is 48.5 Å². The van der Waals surface area contributed by atoms with Crippen LogP contribution in [0.4, 0.5) is 5.69 Å². The van der Waals surface area contributed by atoms with Crippen molar-refractivity contribution in [3.63, 3.8) is 0 Å². The molecule has 0 unspecified atom stereocenters. The first-order valence-corrected chi connectivity index (χ1v) is 7.53. The molecule has 3 rings (SSSR count). The van der Waals surface area contributed by atoms with E-state index in [2.05, 4.69) is 10.6 Å². The van der Waals surface area contributed by atoms with Crippen molar-refractivity contribution in [2.24, 2.45) is 0 Å². The summed E-state index contributed by atoms with van der Waals surface area (Å²) in [6.45, 7) is 0.277. The first kappa shape index (κ1) is 15.7. The van der Waals surface area contributed by atoms with Crippen molar-refractivity contribution >= 4 is 23.5 Å². The maximum absolute atomic E-state index is 12.5.